The van der Waals surface area contributed by atoms with Gasteiger partial charge < -0.3 is 10.8 Å². The first-order valence-corrected chi connectivity index (χ1v) is 8.49. The molecule has 0 unspecified atom stereocenters. The second-order valence-electron chi connectivity index (χ2n) is 8.28. The number of hydrogen-bond donors (Lipinski definition) is 4. The maximum Gasteiger partial charge on any atom is 0.363 e. The Morgan fingerprint density at radius 2 is 1.20 bits per heavy atom. The molecular weight excluding hydrogens is 402 g/mol. The van der Waals surface area contributed by atoms with Gasteiger partial charge in [-0.15, -0.1) is 0 Å². The molecule has 0 aliphatic carbocycles. The van der Waals surface area contributed by atoms with E-state index in [1.807, 2.05) is 0 Å². The number of nitrogens with two attached hydrogens (primary N) is 1. The van der Waals surface area contributed by atoms with Gasteiger partial charge >= 0.3 is 17.3 Å². The van der Waals surface area contributed by atoms with Crippen LogP contribution in [0.3, 0.4) is 0 Å². The van der Waals surface area contributed by atoms with Crippen LogP contribution >= 0.6 is 0 Å². The molecule has 2 heterocycles. The fourth-order valence-corrected chi connectivity index (χ4v) is 2.39. The molecule has 0 radical (unpaired) electrons. The molecule has 14 nitrogen and oxygen atoms in total. The van der Waals surface area contributed by atoms with E-state index in [4.69, 9.17) is 10.8 Å². The Labute approximate surface area is 170 Å². The van der Waals surface area contributed by atoms with Gasteiger partial charge in [-0.1, -0.05) is 41.5 Å². The minimum Gasteiger partial charge on any atom is -0.476 e. The fraction of sp³-hybridized carbons (Fsp3) is 0.500. The molecule has 0 aromatic carbocycles. The summed E-state index contributed by atoms with van der Waals surface area (Å²) in [5.74, 6) is -2.32. The molecule has 0 aliphatic rings. The van der Waals surface area contributed by atoms with E-state index in [1.54, 1.807) is 41.5 Å². The average Bonchev–Trinajstić information content (AvgIpc) is 3.19. The smallest absolute Gasteiger partial charge is 0.363 e. The summed E-state index contributed by atoms with van der Waals surface area (Å²) in [6, 6.07) is 0. The highest BCUT2D eigenvalue weighted by atomic mass is 16.6. The first-order valence-electron chi connectivity index (χ1n) is 8.49. The normalized spacial score (nSPS) is 11.4. The monoisotopic (exact) mass is 425 g/mol. The van der Waals surface area contributed by atoms with Gasteiger partial charge in [0.25, 0.3) is 5.91 Å². The lowest BCUT2D eigenvalue weighted by Gasteiger charge is -2.14. The number of aromatic amines is 2. The molecule has 0 spiro atoms. The van der Waals surface area contributed by atoms with Crippen LogP contribution in [0.15, 0.2) is 0 Å². The third kappa shape index (κ3) is 5.15. The third-order valence-electron chi connectivity index (χ3n) is 3.78. The highest BCUT2D eigenvalue weighted by molar-refractivity contribution is 5.95. The average molecular weight is 425 g/mol. The second-order valence-corrected chi connectivity index (χ2v) is 8.28. The lowest BCUT2D eigenvalue weighted by Crippen LogP contribution is -2.16. The number of carboxylic acids is 1. The quantitative estimate of drug-likeness (QED) is 0.414. The first-order chi connectivity index (χ1) is 13.5. The van der Waals surface area contributed by atoms with E-state index < -0.39 is 43.9 Å². The molecular formula is C16H23N7O7. The van der Waals surface area contributed by atoms with Crippen LogP contribution in [0.4, 0.5) is 11.4 Å². The summed E-state index contributed by atoms with van der Waals surface area (Å²) in [7, 11) is 0. The van der Waals surface area contributed by atoms with Crippen molar-refractivity contribution in [3.63, 3.8) is 0 Å². The number of primary amides is 1. The maximum absolute atomic E-state index is 10.9. The largest absolute Gasteiger partial charge is 0.476 e. The molecule has 2 rings (SSSR count). The highest BCUT2D eigenvalue weighted by Crippen LogP contribution is 2.32. The lowest BCUT2D eigenvalue weighted by atomic mass is 9.91. The van der Waals surface area contributed by atoms with Crippen molar-refractivity contribution in [3.05, 3.63) is 43.0 Å². The summed E-state index contributed by atoms with van der Waals surface area (Å²) >= 11 is 0. The van der Waals surface area contributed by atoms with Crippen molar-refractivity contribution < 1.29 is 24.5 Å². The van der Waals surface area contributed by atoms with Crippen LogP contribution in [0, 0.1) is 20.2 Å². The minimum atomic E-state index is -1.41. The Balaban J connectivity index is 0.000000300. The van der Waals surface area contributed by atoms with Gasteiger partial charge in [-0.05, 0) is 0 Å². The van der Waals surface area contributed by atoms with Crippen LogP contribution in [-0.4, -0.2) is 47.2 Å². The van der Waals surface area contributed by atoms with Crippen molar-refractivity contribution >= 4 is 23.3 Å². The third-order valence-corrected chi connectivity index (χ3v) is 3.78. The zero-order valence-electron chi connectivity index (χ0n) is 17.3. The number of hydrogen-bond acceptors (Lipinski definition) is 8. The van der Waals surface area contributed by atoms with Crippen LogP contribution in [0.25, 0.3) is 0 Å². The van der Waals surface area contributed by atoms with Gasteiger partial charge in [0, 0.05) is 10.8 Å². The van der Waals surface area contributed by atoms with Crippen molar-refractivity contribution in [2.75, 3.05) is 0 Å². The van der Waals surface area contributed by atoms with Gasteiger partial charge in [0.05, 0.1) is 9.85 Å². The summed E-state index contributed by atoms with van der Waals surface area (Å²) in [4.78, 5) is 41.7. The summed E-state index contributed by atoms with van der Waals surface area (Å²) in [5, 5.41) is 42.1. The van der Waals surface area contributed by atoms with Gasteiger partial charge in [-0.3, -0.25) is 35.2 Å². The van der Waals surface area contributed by atoms with E-state index in [0.29, 0.717) is 5.69 Å². The summed E-state index contributed by atoms with van der Waals surface area (Å²) in [6.07, 6.45) is 0. The number of H-pyrrole nitrogens is 2. The number of carbonyl (C=O) groups excluding carboxylic acids is 1. The number of carbonyl (C=O) groups is 2. The zero-order valence-corrected chi connectivity index (χ0v) is 17.3. The second kappa shape index (κ2) is 8.26. The van der Waals surface area contributed by atoms with Crippen LogP contribution in [0.1, 0.15) is 73.9 Å². The number of aromatic nitrogens is 4. The molecule has 0 bridgehead atoms. The van der Waals surface area contributed by atoms with Crippen LogP contribution in [-0.2, 0) is 10.8 Å². The molecule has 164 valence electrons. The van der Waals surface area contributed by atoms with Gasteiger partial charge in [-0.2, -0.15) is 10.2 Å². The lowest BCUT2D eigenvalue weighted by molar-refractivity contribution is -0.386. The van der Waals surface area contributed by atoms with E-state index in [1.165, 1.54) is 0 Å². The predicted octanol–water partition coefficient (Wildman–Crippen LogP) is 2.03. The molecule has 0 saturated heterocycles. The summed E-state index contributed by atoms with van der Waals surface area (Å²) < 4.78 is 0. The Kier molecular flexibility index (Phi) is 6.66. The molecule has 0 fully saturated rings. The summed E-state index contributed by atoms with van der Waals surface area (Å²) in [5.41, 5.74) is 2.76. The molecule has 0 atom stereocenters. The number of amides is 1. The first kappa shape index (κ1) is 24.2. The molecule has 0 saturated carbocycles. The standard InChI is InChI=1S/C8H12N4O3.C8H11N3O4/c1-8(2,3)6-5(12(14)15)4(7(9)13)10-11-6;1-8(2,3)6-5(11(14)15)4(7(12)13)9-10-6/h1-3H3,(H2,9,13)(H,10,11);1-3H3,(H,9,10)(H,12,13). The number of rotatable bonds is 4. The molecule has 1 amide bonds. The van der Waals surface area contributed by atoms with Crippen molar-refractivity contribution in [2.24, 2.45) is 5.73 Å². The number of nitro groups is 2. The number of carboxylic acid groups (broad SMARTS) is 1. The van der Waals surface area contributed by atoms with Crippen LogP contribution in [0.5, 0.6) is 0 Å². The van der Waals surface area contributed by atoms with E-state index in [-0.39, 0.29) is 17.1 Å². The Hall–Kier alpha value is -3.84. The van der Waals surface area contributed by atoms with Gasteiger partial charge in [-0.25, -0.2) is 4.79 Å². The van der Waals surface area contributed by atoms with Crippen molar-refractivity contribution in [1.82, 2.24) is 20.4 Å². The molecule has 5 N–H and O–H groups in total. The van der Waals surface area contributed by atoms with Crippen LogP contribution in [0.2, 0.25) is 0 Å². The van der Waals surface area contributed by atoms with E-state index in [0.717, 1.165) is 0 Å². The number of aromatic carboxylic acids is 1. The summed E-state index contributed by atoms with van der Waals surface area (Å²) in [6.45, 7) is 10.5. The molecule has 14 heteroatoms. The molecule has 2 aromatic heterocycles. The number of nitrogens with one attached hydrogen (secondary N) is 2. The van der Waals surface area contributed by atoms with Crippen molar-refractivity contribution in [1.29, 1.82) is 0 Å². The van der Waals surface area contributed by atoms with Gasteiger partial charge in [0.2, 0.25) is 11.4 Å². The topological polar surface area (TPSA) is 224 Å². The Bertz CT molecular complexity index is 912. The molecule has 0 aliphatic heterocycles. The zero-order chi connectivity index (χ0) is 23.6. The van der Waals surface area contributed by atoms with E-state index in [2.05, 4.69) is 20.4 Å². The van der Waals surface area contributed by atoms with Gasteiger partial charge in [0.15, 0.2) is 0 Å². The van der Waals surface area contributed by atoms with Crippen molar-refractivity contribution in [3.8, 4) is 0 Å². The Morgan fingerprint density at radius 1 is 0.867 bits per heavy atom. The SMILES string of the molecule is CC(C)(C)c1[nH]nc(C(=O)O)c1[N+](=O)[O-].CC(C)(C)c1[nH]nc(C(N)=O)c1[N+](=O)[O-]. The van der Waals surface area contributed by atoms with Crippen molar-refractivity contribution in [2.45, 2.75) is 52.4 Å². The minimum absolute atomic E-state index is 0.213. The number of nitrogens with zero attached hydrogens (tertiary/aromatic N) is 4. The highest BCUT2D eigenvalue weighted by Gasteiger charge is 2.35. The van der Waals surface area contributed by atoms with E-state index >= 15 is 0 Å². The van der Waals surface area contributed by atoms with Gasteiger partial charge in [0.1, 0.15) is 11.4 Å². The fourth-order valence-electron chi connectivity index (χ4n) is 2.39. The Morgan fingerprint density at radius 3 is 1.47 bits per heavy atom. The maximum atomic E-state index is 10.9. The van der Waals surface area contributed by atoms with E-state index in [9.17, 15) is 29.8 Å². The predicted molar refractivity (Wildman–Crippen MR) is 103 cm³/mol. The van der Waals surface area contributed by atoms with Crippen LogP contribution < -0.4 is 5.73 Å². The molecule has 2 aromatic rings. The molecule has 30 heavy (non-hydrogen) atoms.